The van der Waals surface area contributed by atoms with Gasteiger partial charge in [-0.25, -0.2) is 0 Å². The summed E-state index contributed by atoms with van der Waals surface area (Å²) in [7, 11) is 0. The Morgan fingerprint density at radius 2 is 2.00 bits per heavy atom. The SMILES string of the molecule is CC(C)CCCC(C)NC(=O)c1cccn1CC(=O)O. The lowest BCUT2D eigenvalue weighted by atomic mass is 10.0. The minimum absolute atomic E-state index is 0.0921. The molecule has 1 atom stereocenters. The minimum Gasteiger partial charge on any atom is -0.480 e. The van der Waals surface area contributed by atoms with Crippen LogP contribution in [0, 0.1) is 5.92 Å². The van der Waals surface area contributed by atoms with Gasteiger partial charge in [0.15, 0.2) is 0 Å². The smallest absolute Gasteiger partial charge is 0.323 e. The number of nitrogens with zero attached hydrogens (tertiary/aromatic N) is 1. The van der Waals surface area contributed by atoms with E-state index in [1.165, 1.54) is 4.57 Å². The van der Waals surface area contributed by atoms with Gasteiger partial charge < -0.3 is 15.0 Å². The van der Waals surface area contributed by atoms with E-state index in [0.29, 0.717) is 11.6 Å². The van der Waals surface area contributed by atoms with E-state index in [9.17, 15) is 9.59 Å². The summed E-state index contributed by atoms with van der Waals surface area (Å²) in [5.74, 6) is -0.501. The normalized spacial score (nSPS) is 12.4. The summed E-state index contributed by atoms with van der Waals surface area (Å²) < 4.78 is 1.44. The topological polar surface area (TPSA) is 71.3 Å². The van der Waals surface area contributed by atoms with Crippen LogP contribution in [-0.2, 0) is 11.3 Å². The first-order chi connectivity index (χ1) is 9.40. The summed E-state index contributed by atoms with van der Waals surface area (Å²) in [6.45, 7) is 6.14. The lowest BCUT2D eigenvalue weighted by Crippen LogP contribution is -2.34. The number of nitrogens with one attached hydrogen (secondary N) is 1. The van der Waals surface area contributed by atoms with Crippen LogP contribution in [0.1, 0.15) is 50.5 Å². The van der Waals surface area contributed by atoms with Crippen LogP contribution in [0.5, 0.6) is 0 Å². The Labute approximate surface area is 120 Å². The van der Waals surface area contributed by atoms with E-state index in [1.54, 1.807) is 18.3 Å². The fourth-order valence-electron chi connectivity index (χ4n) is 2.11. The molecule has 1 unspecified atom stereocenters. The second-order valence-corrected chi connectivity index (χ2v) is 5.61. The molecule has 1 aromatic heterocycles. The highest BCUT2D eigenvalue weighted by Gasteiger charge is 2.14. The lowest BCUT2D eigenvalue weighted by molar-refractivity contribution is -0.137. The summed E-state index contributed by atoms with van der Waals surface area (Å²) >= 11 is 0. The molecule has 1 aromatic rings. The summed E-state index contributed by atoms with van der Waals surface area (Å²) in [4.78, 5) is 22.8. The number of carboxylic acids is 1. The molecule has 0 spiro atoms. The Hall–Kier alpha value is -1.78. The van der Waals surface area contributed by atoms with E-state index >= 15 is 0 Å². The number of hydrogen-bond acceptors (Lipinski definition) is 2. The van der Waals surface area contributed by atoms with Crippen LogP contribution in [0.25, 0.3) is 0 Å². The van der Waals surface area contributed by atoms with E-state index in [2.05, 4.69) is 19.2 Å². The van der Waals surface area contributed by atoms with Gasteiger partial charge in [-0.15, -0.1) is 0 Å². The standard InChI is InChI=1S/C15H24N2O3/c1-11(2)6-4-7-12(3)16-15(20)13-8-5-9-17(13)10-14(18)19/h5,8-9,11-12H,4,6-7,10H2,1-3H3,(H,16,20)(H,18,19). The molecule has 0 saturated carbocycles. The Kier molecular flexibility index (Phi) is 6.28. The van der Waals surface area contributed by atoms with Gasteiger partial charge >= 0.3 is 5.97 Å². The second kappa shape index (κ2) is 7.72. The molecule has 5 heteroatoms. The summed E-state index contributed by atoms with van der Waals surface area (Å²) in [5.41, 5.74) is 0.392. The van der Waals surface area contributed by atoms with E-state index in [4.69, 9.17) is 5.11 Å². The van der Waals surface area contributed by atoms with Gasteiger partial charge in [-0.2, -0.15) is 0 Å². The predicted octanol–water partition coefficient (Wildman–Crippen LogP) is 2.52. The van der Waals surface area contributed by atoms with Crippen LogP contribution in [0.3, 0.4) is 0 Å². The number of aliphatic carboxylic acids is 1. The molecule has 2 N–H and O–H groups in total. The van der Waals surface area contributed by atoms with Crippen LogP contribution in [-0.4, -0.2) is 27.6 Å². The third-order valence-electron chi connectivity index (χ3n) is 3.16. The van der Waals surface area contributed by atoms with Crippen molar-refractivity contribution in [1.82, 2.24) is 9.88 Å². The van der Waals surface area contributed by atoms with Gasteiger partial charge in [0.1, 0.15) is 12.2 Å². The Morgan fingerprint density at radius 3 is 2.60 bits per heavy atom. The van der Waals surface area contributed by atoms with Crippen molar-refractivity contribution in [2.75, 3.05) is 0 Å². The zero-order valence-corrected chi connectivity index (χ0v) is 12.4. The lowest BCUT2D eigenvalue weighted by Gasteiger charge is -2.15. The first-order valence-corrected chi connectivity index (χ1v) is 7.08. The molecule has 0 fully saturated rings. The molecule has 0 bridgehead atoms. The number of hydrogen-bond donors (Lipinski definition) is 2. The zero-order chi connectivity index (χ0) is 15.1. The van der Waals surface area contributed by atoms with Crippen molar-refractivity contribution in [2.45, 2.75) is 52.6 Å². The monoisotopic (exact) mass is 280 g/mol. The number of carboxylic acid groups (broad SMARTS) is 1. The van der Waals surface area contributed by atoms with Gasteiger partial charge in [0.25, 0.3) is 5.91 Å². The molecule has 1 heterocycles. The summed E-state index contributed by atoms with van der Waals surface area (Å²) in [6, 6.07) is 3.41. The Bertz CT molecular complexity index is 452. The maximum Gasteiger partial charge on any atom is 0.323 e. The van der Waals surface area contributed by atoms with Gasteiger partial charge in [0.05, 0.1) is 0 Å². The summed E-state index contributed by atoms with van der Waals surface area (Å²) in [5, 5.41) is 11.7. The van der Waals surface area contributed by atoms with Gasteiger partial charge in [-0.05, 0) is 31.4 Å². The van der Waals surface area contributed by atoms with E-state index in [1.807, 2.05) is 6.92 Å². The molecular formula is C15H24N2O3. The second-order valence-electron chi connectivity index (χ2n) is 5.61. The quantitative estimate of drug-likeness (QED) is 0.768. The fourth-order valence-corrected chi connectivity index (χ4v) is 2.11. The molecule has 112 valence electrons. The number of aromatic nitrogens is 1. The maximum absolute atomic E-state index is 12.1. The molecule has 1 rings (SSSR count). The Balaban J connectivity index is 2.49. The van der Waals surface area contributed by atoms with Crippen molar-refractivity contribution in [3.05, 3.63) is 24.0 Å². The van der Waals surface area contributed by atoms with Crippen molar-refractivity contribution in [2.24, 2.45) is 5.92 Å². The van der Waals surface area contributed by atoms with Crippen molar-refractivity contribution >= 4 is 11.9 Å². The van der Waals surface area contributed by atoms with Gasteiger partial charge in [0, 0.05) is 12.2 Å². The van der Waals surface area contributed by atoms with Crippen LogP contribution in [0.15, 0.2) is 18.3 Å². The molecule has 20 heavy (non-hydrogen) atoms. The summed E-state index contributed by atoms with van der Waals surface area (Å²) in [6.07, 6.45) is 4.76. The minimum atomic E-state index is -0.958. The molecule has 0 aliphatic rings. The molecule has 5 nitrogen and oxygen atoms in total. The fraction of sp³-hybridized carbons (Fsp3) is 0.600. The first-order valence-electron chi connectivity index (χ1n) is 7.08. The van der Waals surface area contributed by atoms with Crippen molar-refractivity contribution in [1.29, 1.82) is 0 Å². The van der Waals surface area contributed by atoms with Gasteiger partial charge in [-0.3, -0.25) is 9.59 Å². The van der Waals surface area contributed by atoms with Crippen molar-refractivity contribution < 1.29 is 14.7 Å². The van der Waals surface area contributed by atoms with Crippen LogP contribution >= 0.6 is 0 Å². The molecule has 0 aromatic carbocycles. The van der Waals surface area contributed by atoms with Crippen molar-refractivity contribution in [3.63, 3.8) is 0 Å². The predicted molar refractivity (Wildman–Crippen MR) is 77.7 cm³/mol. The number of rotatable bonds is 8. The number of carbonyl (C=O) groups excluding carboxylic acids is 1. The maximum atomic E-state index is 12.1. The molecule has 1 amide bonds. The first kappa shape index (κ1) is 16.3. The molecule has 0 saturated heterocycles. The largest absolute Gasteiger partial charge is 0.480 e. The van der Waals surface area contributed by atoms with E-state index < -0.39 is 5.97 Å². The average molecular weight is 280 g/mol. The molecular weight excluding hydrogens is 256 g/mol. The van der Waals surface area contributed by atoms with Crippen LogP contribution in [0.4, 0.5) is 0 Å². The van der Waals surface area contributed by atoms with E-state index in [-0.39, 0.29) is 18.5 Å². The third-order valence-corrected chi connectivity index (χ3v) is 3.16. The highest BCUT2D eigenvalue weighted by molar-refractivity contribution is 5.93. The van der Waals surface area contributed by atoms with Gasteiger partial charge in [-0.1, -0.05) is 26.7 Å². The van der Waals surface area contributed by atoms with Crippen LogP contribution in [0.2, 0.25) is 0 Å². The average Bonchev–Trinajstić information content (AvgIpc) is 2.75. The molecule has 0 aliphatic heterocycles. The zero-order valence-electron chi connectivity index (χ0n) is 12.4. The van der Waals surface area contributed by atoms with Crippen molar-refractivity contribution in [3.8, 4) is 0 Å². The van der Waals surface area contributed by atoms with Gasteiger partial charge in [0.2, 0.25) is 0 Å². The Morgan fingerprint density at radius 1 is 1.30 bits per heavy atom. The molecule has 0 radical (unpaired) electrons. The van der Waals surface area contributed by atoms with E-state index in [0.717, 1.165) is 19.3 Å². The number of amides is 1. The highest BCUT2D eigenvalue weighted by atomic mass is 16.4. The highest BCUT2D eigenvalue weighted by Crippen LogP contribution is 2.09. The number of carbonyl (C=O) groups is 2. The van der Waals surface area contributed by atoms with Crippen LogP contribution < -0.4 is 5.32 Å². The molecule has 0 aliphatic carbocycles. The third kappa shape index (κ3) is 5.47.